The third-order valence-electron chi connectivity index (χ3n) is 9.63. The molecular weight excluding hydrogens is 593 g/mol. The number of thiophene rings is 1. The first-order valence-electron chi connectivity index (χ1n) is 15.0. The summed E-state index contributed by atoms with van der Waals surface area (Å²) < 4.78 is 3.22. The molecule has 0 saturated heterocycles. The van der Waals surface area contributed by atoms with E-state index in [1.807, 2.05) is 36.4 Å². The zero-order valence-electron chi connectivity index (χ0n) is 25.1. The molecule has 0 spiro atoms. The number of fused-ring (bicyclic) bond motifs is 10. The number of hydrogen-bond donors (Lipinski definition) is 4. The van der Waals surface area contributed by atoms with E-state index in [1.54, 1.807) is 19.2 Å². The molecule has 5 aromatic carbocycles. The van der Waals surface area contributed by atoms with Gasteiger partial charge in [-0.2, -0.15) is 0 Å². The number of aromatic nitrogens is 3. The predicted octanol–water partition coefficient (Wildman–Crippen LogP) is 7.00. The number of benzene rings is 5. The molecule has 46 heavy (non-hydrogen) atoms. The Kier molecular flexibility index (Phi) is 5.26. The molecule has 3 aromatic heterocycles. The van der Waals surface area contributed by atoms with Crippen molar-refractivity contribution in [1.29, 1.82) is 0 Å². The van der Waals surface area contributed by atoms with Gasteiger partial charge >= 0.3 is 0 Å². The lowest BCUT2D eigenvalue weighted by Gasteiger charge is -2.21. The fourth-order valence-corrected chi connectivity index (χ4v) is 8.98. The van der Waals surface area contributed by atoms with Crippen LogP contribution >= 0.6 is 11.3 Å². The molecule has 8 aromatic rings. The fourth-order valence-electron chi connectivity index (χ4n) is 7.44. The summed E-state index contributed by atoms with van der Waals surface area (Å²) in [6.45, 7) is 4.58. The van der Waals surface area contributed by atoms with Crippen molar-refractivity contribution in [2.45, 2.75) is 19.3 Å². The van der Waals surface area contributed by atoms with Crippen molar-refractivity contribution in [3.63, 3.8) is 0 Å². The normalized spacial score (nSPS) is 13.6. The summed E-state index contributed by atoms with van der Waals surface area (Å²) in [5.74, 6) is -2.30. The molecule has 0 amide bonds. The summed E-state index contributed by atoms with van der Waals surface area (Å²) in [5, 5.41) is 46.5. The molecule has 9 heteroatoms. The molecule has 0 radical (unpaired) electrons. The fraction of sp³-hybridized carbons (Fsp3) is 0.0811. The van der Waals surface area contributed by atoms with E-state index in [1.165, 1.54) is 27.0 Å². The molecule has 0 aliphatic heterocycles. The van der Waals surface area contributed by atoms with Crippen LogP contribution in [-0.4, -0.2) is 42.8 Å². The molecule has 0 unspecified atom stereocenters. The Morgan fingerprint density at radius 1 is 0.696 bits per heavy atom. The highest BCUT2D eigenvalue weighted by molar-refractivity contribution is 7.23. The van der Waals surface area contributed by atoms with Gasteiger partial charge in [0.05, 0.1) is 26.9 Å². The minimum atomic E-state index is -0.808. The largest absolute Gasteiger partial charge is 0.505 e. The first-order chi connectivity index (χ1) is 22.2. The first kappa shape index (κ1) is 26.8. The van der Waals surface area contributed by atoms with Gasteiger partial charge in [0.25, 0.3) is 0 Å². The summed E-state index contributed by atoms with van der Waals surface area (Å²) in [6, 6.07) is 28.7. The van der Waals surface area contributed by atoms with Crippen LogP contribution in [0.25, 0.3) is 70.4 Å². The van der Waals surface area contributed by atoms with Gasteiger partial charge in [-0.3, -0.25) is 4.57 Å². The third-order valence-corrected chi connectivity index (χ3v) is 10.9. The van der Waals surface area contributed by atoms with Gasteiger partial charge in [0.15, 0.2) is 11.5 Å². The average molecular weight is 620 g/mol. The van der Waals surface area contributed by atoms with Crippen LogP contribution in [0.5, 0.6) is 23.0 Å². The second-order valence-electron chi connectivity index (χ2n) is 12.5. The lowest BCUT2D eigenvalue weighted by Crippen LogP contribution is -2.14. The minimum Gasteiger partial charge on any atom is -0.505 e. The Hall–Kier alpha value is -5.54. The monoisotopic (exact) mass is 619 g/mol. The van der Waals surface area contributed by atoms with Crippen molar-refractivity contribution >= 4 is 67.4 Å². The van der Waals surface area contributed by atoms with Crippen LogP contribution in [0.1, 0.15) is 25.0 Å². The van der Waals surface area contributed by atoms with Gasteiger partial charge in [-0.05, 0) is 39.7 Å². The van der Waals surface area contributed by atoms with E-state index in [4.69, 9.17) is 9.97 Å². The Morgan fingerprint density at radius 3 is 2.20 bits per heavy atom. The molecule has 222 valence electrons. The van der Waals surface area contributed by atoms with Crippen LogP contribution in [-0.2, 0) is 5.41 Å². The molecule has 4 N–H and O–H groups in total. The van der Waals surface area contributed by atoms with Gasteiger partial charge in [0.2, 0.25) is 17.4 Å². The van der Waals surface area contributed by atoms with Crippen LogP contribution in [0.4, 0.5) is 0 Å². The van der Waals surface area contributed by atoms with E-state index in [-0.39, 0.29) is 16.4 Å². The highest BCUT2D eigenvalue weighted by atomic mass is 32.1. The topological polar surface area (TPSA) is 112 Å². The summed E-state index contributed by atoms with van der Waals surface area (Å²) in [5.41, 5.74) is 6.91. The van der Waals surface area contributed by atoms with E-state index < -0.39 is 23.0 Å². The molecule has 0 bridgehead atoms. The molecule has 0 fully saturated rings. The molecule has 0 saturated carbocycles. The maximum absolute atomic E-state index is 11.1. The summed E-state index contributed by atoms with van der Waals surface area (Å²) in [7, 11) is 1.57. The second kappa shape index (κ2) is 9.02. The molecule has 9 rings (SSSR count). The zero-order chi connectivity index (χ0) is 31.6. The zero-order valence-corrected chi connectivity index (χ0v) is 25.9. The Labute approximate surface area is 267 Å². The summed E-state index contributed by atoms with van der Waals surface area (Å²) >= 11 is 1.79. The van der Waals surface area contributed by atoms with Gasteiger partial charge in [0.1, 0.15) is 7.85 Å². The van der Waals surface area contributed by atoms with E-state index in [0.29, 0.717) is 22.5 Å². The van der Waals surface area contributed by atoms with Crippen LogP contribution in [0.2, 0.25) is 0 Å². The number of aromatic hydroxyl groups is 4. The lowest BCUT2D eigenvalue weighted by molar-refractivity contribution is 0.348. The highest BCUT2D eigenvalue weighted by Crippen LogP contribution is 2.57. The second-order valence-corrected chi connectivity index (χ2v) is 13.5. The van der Waals surface area contributed by atoms with Gasteiger partial charge < -0.3 is 20.4 Å². The number of rotatable bonds is 2. The number of phenolic OH excluding ortho intramolecular Hbond substituents is 4. The van der Waals surface area contributed by atoms with E-state index in [0.717, 1.165) is 26.5 Å². The van der Waals surface area contributed by atoms with Crippen LogP contribution < -0.4 is 5.46 Å². The molecular formula is C37H26BN3O4S. The summed E-state index contributed by atoms with van der Waals surface area (Å²) in [4.78, 5) is 11.4. The lowest BCUT2D eigenvalue weighted by atomic mass is 9.81. The predicted molar refractivity (Wildman–Crippen MR) is 187 cm³/mol. The Morgan fingerprint density at radius 2 is 1.37 bits per heavy atom. The summed E-state index contributed by atoms with van der Waals surface area (Å²) in [6.07, 6.45) is 0. The number of nitrogens with zero attached hydrogens (tertiary/aromatic N) is 3. The van der Waals surface area contributed by atoms with Gasteiger partial charge in [0, 0.05) is 32.0 Å². The Bertz CT molecular complexity index is 2610. The average Bonchev–Trinajstić information content (AvgIpc) is 3.69. The van der Waals surface area contributed by atoms with Crippen LogP contribution in [0.3, 0.4) is 0 Å². The van der Waals surface area contributed by atoms with Crippen molar-refractivity contribution in [3.8, 4) is 50.6 Å². The molecule has 3 heterocycles. The molecule has 0 atom stereocenters. The SMILES string of the molecule is Bc1c(O)c(O)c(O)c(O)c1-c1nc(-n2c3ccccc3c3ccc4c5c(sc4c32)-c2ccccc2C5(C)C)nc2ccccc12. The standard InChI is InChI=1S/C37H26BN3O4S/c1-37(2)22-12-6-3-10-19(22)34-26(37)21-16-15-18-17-9-5-8-14-24(17)41(29(18)35(21)46-34)36-39-23-13-7-4-11-20(23)28(40-36)25-27(38)31(43)33(45)32(44)30(25)42/h3-16,42-45H,38H2,1-2H3. The van der Waals surface area contributed by atoms with Gasteiger partial charge in [-0.15, -0.1) is 11.3 Å². The smallest absolute Gasteiger partial charge is 0.235 e. The third kappa shape index (κ3) is 3.27. The van der Waals surface area contributed by atoms with Crippen molar-refractivity contribution in [2.75, 3.05) is 0 Å². The maximum Gasteiger partial charge on any atom is 0.235 e. The van der Waals surface area contributed by atoms with Crippen molar-refractivity contribution < 1.29 is 20.4 Å². The number of hydrogen-bond acceptors (Lipinski definition) is 7. The highest BCUT2D eigenvalue weighted by Gasteiger charge is 2.39. The van der Waals surface area contributed by atoms with Crippen molar-refractivity contribution in [3.05, 3.63) is 96.1 Å². The first-order valence-corrected chi connectivity index (χ1v) is 15.8. The number of para-hydroxylation sites is 2. The molecule has 1 aliphatic rings. The Balaban J connectivity index is 1.44. The van der Waals surface area contributed by atoms with E-state index >= 15 is 0 Å². The van der Waals surface area contributed by atoms with E-state index in [9.17, 15) is 20.4 Å². The van der Waals surface area contributed by atoms with Crippen molar-refractivity contribution in [2.24, 2.45) is 0 Å². The molecule has 1 aliphatic carbocycles. The number of phenols is 4. The van der Waals surface area contributed by atoms with E-state index in [2.05, 4.69) is 66.9 Å². The van der Waals surface area contributed by atoms with Crippen molar-refractivity contribution in [1.82, 2.24) is 14.5 Å². The quantitative estimate of drug-likeness (QED) is 0.0943. The van der Waals surface area contributed by atoms with Crippen LogP contribution in [0.15, 0.2) is 84.9 Å². The maximum atomic E-state index is 11.1. The van der Waals surface area contributed by atoms with Crippen LogP contribution in [0, 0.1) is 0 Å². The van der Waals surface area contributed by atoms with Gasteiger partial charge in [-0.1, -0.05) is 86.6 Å². The van der Waals surface area contributed by atoms with Gasteiger partial charge in [-0.25, -0.2) is 9.97 Å². The molecule has 7 nitrogen and oxygen atoms in total. The minimum absolute atomic E-state index is 0.118.